The topological polar surface area (TPSA) is 55.6 Å². The molecule has 0 bridgehead atoms. The molecular weight excluding hydrogens is 168 g/mol. The number of β-lactam (4-membered cyclic amide) rings is 1. The van der Waals surface area contributed by atoms with Crippen molar-refractivity contribution in [2.24, 2.45) is 11.7 Å². The van der Waals surface area contributed by atoms with E-state index in [2.05, 4.69) is 13.8 Å². The Morgan fingerprint density at radius 3 is 2.85 bits per heavy atom. The van der Waals surface area contributed by atoms with E-state index < -0.39 is 0 Å². The third-order valence-electron chi connectivity index (χ3n) is 2.00. The highest BCUT2D eigenvalue weighted by Gasteiger charge is 2.32. The van der Waals surface area contributed by atoms with Gasteiger partial charge in [-0.15, -0.1) is 0 Å². The van der Waals surface area contributed by atoms with Gasteiger partial charge in [-0.1, -0.05) is 13.8 Å². The number of carbonyl (C=O) groups is 1. The van der Waals surface area contributed by atoms with Gasteiger partial charge in [0.05, 0.1) is 6.61 Å². The summed E-state index contributed by atoms with van der Waals surface area (Å²) in [6.45, 7) is 6.95. The van der Waals surface area contributed by atoms with Crippen LogP contribution in [-0.4, -0.2) is 43.2 Å². The summed E-state index contributed by atoms with van der Waals surface area (Å²) < 4.78 is 5.35. The average Bonchev–Trinajstić information content (AvgIpc) is 2.09. The molecule has 1 atom stereocenters. The molecule has 1 aliphatic heterocycles. The third-order valence-corrected chi connectivity index (χ3v) is 2.00. The van der Waals surface area contributed by atoms with Crippen molar-refractivity contribution in [1.29, 1.82) is 0 Å². The molecule has 1 rings (SSSR count). The molecule has 1 amide bonds. The van der Waals surface area contributed by atoms with Crippen LogP contribution in [0.5, 0.6) is 0 Å². The summed E-state index contributed by atoms with van der Waals surface area (Å²) in [4.78, 5) is 12.8. The summed E-state index contributed by atoms with van der Waals surface area (Å²) in [5.74, 6) is 0.600. The molecule has 1 saturated heterocycles. The molecule has 1 unspecified atom stereocenters. The number of hydrogen-bond acceptors (Lipinski definition) is 3. The van der Waals surface area contributed by atoms with E-state index in [1.165, 1.54) is 0 Å². The van der Waals surface area contributed by atoms with Crippen molar-refractivity contribution in [3.8, 4) is 0 Å². The van der Waals surface area contributed by atoms with Crippen molar-refractivity contribution < 1.29 is 9.53 Å². The van der Waals surface area contributed by atoms with Crippen LogP contribution in [0.25, 0.3) is 0 Å². The Morgan fingerprint density at radius 2 is 2.38 bits per heavy atom. The second kappa shape index (κ2) is 4.58. The number of amides is 1. The molecule has 76 valence electrons. The number of carbonyl (C=O) groups excluding carboxylic acids is 1. The number of ether oxygens (including phenoxy) is 1. The lowest BCUT2D eigenvalue weighted by atomic mass is 10.1. The van der Waals surface area contributed by atoms with Gasteiger partial charge in [-0.3, -0.25) is 4.79 Å². The quantitative estimate of drug-likeness (QED) is 0.479. The third kappa shape index (κ3) is 2.97. The Hall–Kier alpha value is -0.610. The van der Waals surface area contributed by atoms with Crippen LogP contribution in [-0.2, 0) is 9.53 Å². The van der Waals surface area contributed by atoms with E-state index in [0.717, 1.165) is 6.61 Å². The van der Waals surface area contributed by atoms with Crippen LogP contribution in [0, 0.1) is 5.92 Å². The van der Waals surface area contributed by atoms with Crippen molar-refractivity contribution in [1.82, 2.24) is 4.90 Å². The zero-order valence-corrected chi connectivity index (χ0v) is 8.32. The van der Waals surface area contributed by atoms with Crippen molar-refractivity contribution in [2.75, 3.05) is 26.3 Å². The lowest BCUT2D eigenvalue weighted by Gasteiger charge is -2.35. The summed E-state index contributed by atoms with van der Waals surface area (Å²) in [5, 5.41) is 0. The maximum Gasteiger partial charge on any atom is 0.241 e. The van der Waals surface area contributed by atoms with Crippen molar-refractivity contribution >= 4 is 5.91 Å². The van der Waals surface area contributed by atoms with Gasteiger partial charge in [-0.25, -0.2) is 0 Å². The Kier molecular flexibility index (Phi) is 3.69. The highest BCUT2D eigenvalue weighted by atomic mass is 16.5. The standard InChI is InChI=1S/C9H18N2O2/c1-7(2)6-13-4-3-11-5-8(10)9(11)12/h7-8H,3-6,10H2,1-2H3. The molecular formula is C9H18N2O2. The fraction of sp³-hybridized carbons (Fsp3) is 0.889. The number of nitrogens with two attached hydrogens (primary N) is 1. The molecule has 0 aromatic carbocycles. The molecule has 0 radical (unpaired) electrons. The molecule has 0 aromatic heterocycles. The van der Waals surface area contributed by atoms with Gasteiger partial charge < -0.3 is 15.4 Å². The van der Waals surface area contributed by atoms with Crippen LogP contribution in [0.4, 0.5) is 0 Å². The van der Waals surface area contributed by atoms with Crippen LogP contribution >= 0.6 is 0 Å². The van der Waals surface area contributed by atoms with Gasteiger partial charge in [0, 0.05) is 19.7 Å². The molecule has 1 heterocycles. The van der Waals surface area contributed by atoms with E-state index in [-0.39, 0.29) is 11.9 Å². The molecule has 4 nitrogen and oxygen atoms in total. The highest BCUT2D eigenvalue weighted by Crippen LogP contribution is 2.06. The Bertz CT molecular complexity index is 182. The summed E-state index contributed by atoms with van der Waals surface area (Å²) in [5.41, 5.74) is 5.43. The maximum atomic E-state index is 11.0. The van der Waals surface area contributed by atoms with Crippen molar-refractivity contribution in [3.05, 3.63) is 0 Å². The fourth-order valence-electron chi connectivity index (χ4n) is 1.22. The first-order valence-corrected chi connectivity index (χ1v) is 4.73. The first-order valence-electron chi connectivity index (χ1n) is 4.73. The second-order valence-electron chi connectivity index (χ2n) is 3.86. The smallest absolute Gasteiger partial charge is 0.241 e. The Balaban J connectivity index is 1.98. The van der Waals surface area contributed by atoms with E-state index in [1.54, 1.807) is 4.90 Å². The molecule has 0 aliphatic carbocycles. The monoisotopic (exact) mass is 186 g/mol. The molecule has 0 saturated carbocycles. The van der Waals surface area contributed by atoms with Crippen molar-refractivity contribution in [3.63, 3.8) is 0 Å². The minimum absolute atomic E-state index is 0.0492. The van der Waals surface area contributed by atoms with Gasteiger partial charge in [0.2, 0.25) is 5.91 Å². The van der Waals surface area contributed by atoms with Crippen LogP contribution in [0.15, 0.2) is 0 Å². The fourth-order valence-corrected chi connectivity index (χ4v) is 1.22. The summed E-state index contributed by atoms with van der Waals surface area (Å²) in [6, 6.07) is -0.259. The zero-order chi connectivity index (χ0) is 9.84. The first-order chi connectivity index (χ1) is 6.11. The van der Waals surface area contributed by atoms with Gasteiger partial charge in [0.15, 0.2) is 0 Å². The number of rotatable bonds is 5. The summed E-state index contributed by atoms with van der Waals surface area (Å²) >= 11 is 0. The average molecular weight is 186 g/mol. The highest BCUT2D eigenvalue weighted by molar-refractivity contribution is 5.87. The van der Waals surface area contributed by atoms with E-state index in [4.69, 9.17) is 10.5 Å². The predicted octanol–water partition coefficient (Wildman–Crippen LogP) is -0.171. The van der Waals surface area contributed by atoms with Crippen LogP contribution < -0.4 is 5.73 Å². The molecule has 0 spiro atoms. The van der Waals surface area contributed by atoms with E-state index in [0.29, 0.717) is 25.6 Å². The molecule has 1 fully saturated rings. The molecule has 13 heavy (non-hydrogen) atoms. The maximum absolute atomic E-state index is 11.0. The van der Waals surface area contributed by atoms with Crippen molar-refractivity contribution in [2.45, 2.75) is 19.9 Å². The molecule has 2 N–H and O–H groups in total. The Labute approximate surface area is 79.0 Å². The van der Waals surface area contributed by atoms with Gasteiger partial charge in [0.1, 0.15) is 6.04 Å². The molecule has 1 aliphatic rings. The first kappa shape index (κ1) is 10.5. The SMILES string of the molecule is CC(C)COCCN1CC(N)C1=O. The minimum Gasteiger partial charge on any atom is -0.379 e. The van der Waals surface area contributed by atoms with E-state index in [9.17, 15) is 4.79 Å². The van der Waals surface area contributed by atoms with Crippen LogP contribution in [0.1, 0.15) is 13.8 Å². The van der Waals surface area contributed by atoms with Crippen LogP contribution in [0.2, 0.25) is 0 Å². The van der Waals surface area contributed by atoms with Gasteiger partial charge in [-0.2, -0.15) is 0 Å². The van der Waals surface area contributed by atoms with Crippen LogP contribution in [0.3, 0.4) is 0 Å². The number of hydrogen-bond donors (Lipinski definition) is 1. The largest absolute Gasteiger partial charge is 0.379 e. The normalized spacial score (nSPS) is 22.3. The lowest BCUT2D eigenvalue weighted by molar-refractivity contribution is -0.143. The zero-order valence-electron chi connectivity index (χ0n) is 8.32. The van der Waals surface area contributed by atoms with E-state index in [1.807, 2.05) is 0 Å². The number of nitrogens with zero attached hydrogens (tertiary/aromatic N) is 1. The van der Waals surface area contributed by atoms with E-state index >= 15 is 0 Å². The summed E-state index contributed by atoms with van der Waals surface area (Å²) in [6.07, 6.45) is 0. The lowest BCUT2D eigenvalue weighted by Crippen LogP contribution is -2.61. The second-order valence-corrected chi connectivity index (χ2v) is 3.86. The van der Waals surface area contributed by atoms with Gasteiger partial charge >= 0.3 is 0 Å². The van der Waals surface area contributed by atoms with Gasteiger partial charge in [-0.05, 0) is 5.92 Å². The van der Waals surface area contributed by atoms with Gasteiger partial charge in [0.25, 0.3) is 0 Å². The summed E-state index contributed by atoms with van der Waals surface area (Å²) in [7, 11) is 0. The predicted molar refractivity (Wildman–Crippen MR) is 50.2 cm³/mol. The number of likely N-dealkylation sites (tertiary alicyclic amines) is 1. The Morgan fingerprint density at radius 1 is 1.69 bits per heavy atom. The molecule has 4 heteroatoms. The minimum atomic E-state index is -0.259. The molecule has 0 aromatic rings.